The van der Waals surface area contributed by atoms with Crippen molar-refractivity contribution in [3.63, 3.8) is 0 Å². The number of piperidine rings is 1. The molecule has 0 saturated carbocycles. The quantitative estimate of drug-likeness (QED) is 0.760. The smallest absolute Gasteiger partial charge is 0.321 e. The largest absolute Gasteiger partial charge is 0.481 e. The Morgan fingerprint density at radius 3 is 2.52 bits per heavy atom. The molecule has 25 heavy (non-hydrogen) atoms. The maximum absolute atomic E-state index is 12.4. The minimum Gasteiger partial charge on any atom is -0.481 e. The van der Waals surface area contributed by atoms with Crippen LogP contribution in [0.25, 0.3) is 0 Å². The van der Waals surface area contributed by atoms with Crippen LogP contribution in [-0.4, -0.2) is 47.0 Å². The molecule has 1 saturated heterocycles. The van der Waals surface area contributed by atoms with Crippen molar-refractivity contribution in [3.8, 4) is 0 Å². The van der Waals surface area contributed by atoms with Crippen LogP contribution in [0.2, 0.25) is 0 Å². The predicted molar refractivity (Wildman–Crippen MR) is 94.2 cm³/mol. The predicted octanol–water partition coefficient (Wildman–Crippen LogP) is 2.16. The third kappa shape index (κ3) is 5.20. The molecule has 0 aromatic heterocycles. The van der Waals surface area contributed by atoms with Gasteiger partial charge in [-0.2, -0.15) is 0 Å². The van der Waals surface area contributed by atoms with Crippen LogP contribution in [0.1, 0.15) is 26.7 Å². The van der Waals surface area contributed by atoms with Crippen molar-refractivity contribution < 1.29 is 19.5 Å². The van der Waals surface area contributed by atoms with Gasteiger partial charge in [-0.3, -0.25) is 9.59 Å². The van der Waals surface area contributed by atoms with Gasteiger partial charge >= 0.3 is 12.0 Å². The van der Waals surface area contributed by atoms with Gasteiger partial charge in [0, 0.05) is 24.8 Å². The van der Waals surface area contributed by atoms with E-state index in [1.54, 1.807) is 30.9 Å². The summed E-state index contributed by atoms with van der Waals surface area (Å²) in [6.45, 7) is 4.18. The maximum atomic E-state index is 12.4. The number of para-hydroxylation sites is 1. The van der Waals surface area contributed by atoms with Crippen molar-refractivity contribution in [1.82, 2.24) is 10.2 Å². The van der Waals surface area contributed by atoms with Crippen molar-refractivity contribution in [2.75, 3.05) is 18.4 Å². The first-order chi connectivity index (χ1) is 11.9. The van der Waals surface area contributed by atoms with Gasteiger partial charge in [-0.25, -0.2) is 4.79 Å². The number of carboxylic acid groups (broad SMARTS) is 1. The lowest BCUT2D eigenvalue weighted by Crippen LogP contribution is -2.49. The summed E-state index contributed by atoms with van der Waals surface area (Å²) in [6, 6.07) is 8.48. The number of benzene rings is 1. The summed E-state index contributed by atoms with van der Waals surface area (Å²) in [7, 11) is 0. The number of hydrogen-bond acceptors (Lipinski definition) is 3. The topological polar surface area (TPSA) is 98.7 Å². The van der Waals surface area contributed by atoms with Crippen molar-refractivity contribution in [2.45, 2.75) is 32.7 Å². The van der Waals surface area contributed by atoms with E-state index < -0.39 is 17.9 Å². The third-order valence-corrected chi connectivity index (χ3v) is 4.61. The molecule has 3 N–H and O–H groups in total. The average Bonchev–Trinajstić information content (AvgIpc) is 2.61. The van der Waals surface area contributed by atoms with Crippen LogP contribution in [0.4, 0.5) is 10.5 Å². The summed E-state index contributed by atoms with van der Waals surface area (Å²) in [6.07, 6.45) is 1.43. The molecule has 0 bridgehead atoms. The number of carbonyl (C=O) groups excluding carboxylic acids is 2. The Balaban J connectivity index is 1.90. The number of carboxylic acids is 1. The molecule has 1 aromatic rings. The lowest BCUT2D eigenvalue weighted by molar-refractivity contribution is -0.142. The molecule has 3 amide bonds. The lowest BCUT2D eigenvalue weighted by Gasteiger charge is -2.33. The van der Waals surface area contributed by atoms with Crippen molar-refractivity contribution in [2.24, 2.45) is 11.8 Å². The highest BCUT2D eigenvalue weighted by atomic mass is 16.4. The van der Waals surface area contributed by atoms with E-state index in [2.05, 4.69) is 10.6 Å². The minimum atomic E-state index is -0.944. The molecule has 3 unspecified atom stereocenters. The molecule has 7 heteroatoms. The molecule has 3 atom stereocenters. The Bertz CT molecular complexity index is 620. The van der Waals surface area contributed by atoms with E-state index in [1.807, 2.05) is 18.2 Å². The molecule has 0 spiro atoms. The summed E-state index contributed by atoms with van der Waals surface area (Å²) in [5, 5.41) is 14.6. The average molecular weight is 347 g/mol. The number of nitrogens with zero attached hydrogens (tertiary/aromatic N) is 1. The normalized spacial score (nSPS) is 19.6. The van der Waals surface area contributed by atoms with E-state index >= 15 is 0 Å². The number of rotatable bonds is 5. The molecular weight excluding hydrogens is 322 g/mol. The number of urea groups is 1. The molecule has 1 aliphatic rings. The SMILES string of the molecule is CC(NC(=O)C1CCCN(C(=O)Nc2ccccc2)C1)C(C)C(=O)O. The highest BCUT2D eigenvalue weighted by Crippen LogP contribution is 2.19. The fourth-order valence-corrected chi connectivity index (χ4v) is 2.78. The molecule has 1 aromatic carbocycles. The summed E-state index contributed by atoms with van der Waals surface area (Å²) in [5.41, 5.74) is 0.711. The standard InChI is InChI=1S/C18H25N3O4/c1-12(17(23)24)13(2)19-16(22)14-7-6-10-21(11-14)18(25)20-15-8-4-3-5-9-15/h3-5,8-9,12-14H,6-7,10-11H2,1-2H3,(H,19,22)(H,20,25)(H,23,24). The van der Waals surface area contributed by atoms with Crippen LogP contribution < -0.4 is 10.6 Å². The van der Waals surface area contributed by atoms with Crippen molar-refractivity contribution in [1.29, 1.82) is 0 Å². The van der Waals surface area contributed by atoms with Gasteiger partial charge in [-0.05, 0) is 38.8 Å². The highest BCUT2D eigenvalue weighted by Gasteiger charge is 2.30. The van der Waals surface area contributed by atoms with Crippen molar-refractivity contribution >= 4 is 23.6 Å². The summed E-state index contributed by atoms with van der Waals surface area (Å²) < 4.78 is 0. The number of hydrogen-bond donors (Lipinski definition) is 3. The van der Waals surface area contributed by atoms with E-state index in [1.165, 1.54) is 0 Å². The van der Waals surface area contributed by atoms with Crippen LogP contribution in [0.3, 0.4) is 0 Å². The van der Waals surface area contributed by atoms with E-state index in [-0.39, 0.29) is 17.9 Å². The first kappa shape index (κ1) is 18.8. The summed E-state index contributed by atoms with van der Waals surface area (Å²) in [5.74, 6) is -2.12. The van der Waals surface area contributed by atoms with Gasteiger partial charge in [-0.1, -0.05) is 18.2 Å². The Hall–Kier alpha value is -2.57. The number of anilines is 1. The van der Waals surface area contributed by atoms with Crippen LogP contribution >= 0.6 is 0 Å². The van der Waals surface area contributed by atoms with Gasteiger partial charge in [0.05, 0.1) is 11.8 Å². The summed E-state index contributed by atoms with van der Waals surface area (Å²) in [4.78, 5) is 37.4. The second-order valence-corrected chi connectivity index (χ2v) is 6.51. The zero-order valence-electron chi connectivity index (χ0n) is 14.6. The fourth-order valence-electron chi connectivity index (χ4n) is 2.78. The first-order valence-electron chi connectivity index (χ1n) is 8.52. The molecule has 7 nitrogen and oxygen atoms in total. The number of amides is 3. The zero-order chi connectivity index (χ0) is 18.4. The van der Waals surface area contributed by atoms with Gasteiger partial charge in [0.1, 0.15) is 0 Å². The molecule has 136 valence electrons. The Kier molecular flexibility index (Phi) is 6.38. The first-order valence-corrected chi connectivity index (χ1v) is 8.52. The van der Waals surface area contributed by atoms with Gasteiger partial charge in [0.2, 0.25) is 5.91 Å². The van der Waals surface area contributed by atoms with Gasteiger partial charge in [-0.15, -0.1) is 0 Å². The Labute approximate surface area is 147 Å². The van der Waals surface area contributed by atoms with Crippen molar-refractivity contribution in [3.05, 3.63) is 30.3 Å². The molecule has 1 fully saturated rings. The number of likely N-dealkylation sites (tertiary alicyclic amines) is 1. The van der Waals surface area contributed by atoms with Gasteiger partial charge in [0.15, 0.2) is 0 Å². The minimum absolute atomic E-state index is 0.196. The van der Waals surface area contributed by atoms with E-state index in [0.29, 0.717) is 25.2 Å². The van der Waals surface area contributed by atoms with E-state index in [4.69, 9.17) is 5.11 Å². The van der Waals surface area contributed by atoms with Crippen LogP contribution in [0.15, 0.2) is 30.3 Å². The van der Waals surface area contributed by atoms with Crippen LogP contribution in [0.5, 0.6) is 0 Å². The second-order valence-electron chi connectivity index (χ2n) is 6.51. The number of nitrogens with one attached hydrogen (secondary N) is 2. The molecule has 0 aliphatic carbocycles. The molecule has 2 rings (SSSR count). The van der Waals surface area contributed by atoms with Crippen LogP contribution in [0, 0.1) is 11.8 Å². The second kappa shape index (κ2) is 8.50. The Morgan fingerprint density at radius 1 is 1.20 bits per heavy atom. The third-order valence-electron chi connectivity index (χ3n) is 4.61. The van der Waals surface area contributed by atoms with Gasteiger partial charge < -0.3 is 20.6 Å². The van der Waals surface area contributed by atoms with E-state index in [0.717, 1.165) is 6.42 Å². The molecular formula is C18H25N3O4. The zero-order valence-corrected chi connectivity index (χ0v) is 14.6. The number of carbonyl (C=O) groups is 3. The van der Waals surface area contributed by atoms with Crippen LogP contribution in [-0.2, 0) is 9.59 Å². The number of aliphatic carboxylic acids is 1. The Morgan fingerprint density at radius 2 is 1.88 bits per heavy atom. The van der Waals surface area contributed by atoms with Gasteiger partial charge in [0.25, 0.3) is 0 Å². The molecule has 1 aliphatic heterocycles. The summed E-state index contributed by atoms with van der Waals surface area (Å²) >= 11 is 0. The fraction of sp³-hybridized carbons (Fsp3) is 0.500. The lowest BCUT2D eigenvalue weighted by atomic mass is 9.96. The molecule has 0 radical (unpaired) electrons. The molecule has 1 heterocycles. The van der Waals surface area contributed by atoms with E-state index in [9.17, 15) is 14.4 Å². The monoisotopic (exact) mass is 347 g/mol. The highest BCUT2D eigenvalue weighted by molar-refractivity contribution is 5.90. The maximum Gasteiger partial charge on any atom is 0.321 e.